The Labute approximate surface area is 94.3 Å². The number of nitrogens with two attached hydrogens (primary N) is 1. The fourth-order valence-corrected chi connectivity index (χ4v) is 1.59. The van der Waals surface area contributed by atoms with E-state index >= 15 is 0 Å². The first kappa shape index (κ1) is 10.8. The van der Waals surface area contributed by atoms with Crippen LogP contribution in [0.1, 0.15) is 23.7 Å². The van der Waals surface area contributed by atoms with Gasteiger partial charge in [-0.05, 0) is 24.5 Å². The van der Waals surface area contributed by atoms with Gasteiger partial charge in [-0.1, -0.05) is 0 Å². The van der Waals surface area contributed by atoms with Gasteiger partial charge < -0.3 is 5.73 Å². The molecule has 16 heavy (non-hydrogen) atoms. The molecule has 0 saturated carbocycles. The van der Waals surface area contributed by atoms with Gasteiger partial charge in [-0.25, -0.2) is 9.97 Å². The number of nitrogens with zero attached hydrogens (tertiary/aromatic N) is 4. The average Bonchev–Trinajstić information content (AvgIpc) is 2.73. The van der Waals surface area contributed by atoms with Gasteiger partial charge in [-0.15, -0.1) is 0 Å². The van der Waals surface area contributed by atoms with Crippen molar-refractivity contribution in [2.45, 2.75) is 18.9 Å². The van der Waals surface area contributed by atoms with E-state index in [2.05, 4.69) is 15.1 Å². The fourth-order valence-electron chi connectivity index (χ4n) is 1.59. The molecule has 0 amide bonds. The summed E-state index contributed by atoms with van der Waals surface area (Å²) in [5.41, 5.74) is 8.12. The molecule has 0 spiro atoms. The molecule has 1 atom stereocenters. The maximum Gasteiger partial charge on any atom is 0.115 e. The van der Waals surface area contributed by atoms with E-state index in [1.165, 1.54) is 11.9 Å². The van der Waals surface area contributed by atoms with Crippen LogP contribution in [0.5, 0.6) is 0 Å². The molecule has 2 aromatic rings. The van der Waals surface area contributed by atoms with Gasteiger partial charge in [-0.2, -0.15) is 5.10 Å². The highest BCUT2D eigenvalue weighted by atomic mass is 15.2. The van der Waals surface area contributed by atoms with Crippen molar-refractivity contribution >= 4 is 0 Å². The van der Waals surface area contributed by atoms with Crippen molar-refractivity contribution in [1.82, 2.24) is 19.7 Å². The number of rotatable bonds is 4. The third kappa shape index (κ3) is 2.64. The lowest BCUT2D eigenvalue weighted by Crippen LogP contribution is -2.12. The Balaban J connectivity index is 1.91. The molecular formula is C11H15N5. The minimum atomic E-state index is -0.0387. The van der Waals surface area contributed by atoms with Gasteiger partial charge in [0.2, 0.25) is 0 Å². The van der Waals surface area contributed by atoms with Crippen molar-refractivity contribution < 1.29 is 0 Å². The molecule has 2 N–H and O–H groups in total. The van der Waals surface area contributed by atoms with Gasteiger partial charge in [0.05, 0.1) is 11.9 Å². The third-order valence-electron chi connectivity index (χ3n) is 2.49. The lowest BCUT2D eigenvalue weighted by molar-refractivity contribution is 0.631. The molecule has 2 aromatic heterocycles. The number of aromatic nitrogens is 4. The monoisotopic (exact) mass is 217 g/mol. The van der Waals surface area contributed by atoms with E-state index in [4.69, 9.17) is 5.73 Å². The molecular weight excluding hydrogens is 202 g/mol. The van der Waals surface area contributed by atoms with Crippen LogP contribution in [0.15, 0.2) is 31.0 Å². The van der Waals surface area contributed by atoms with Crippen LogP contribution < -0.4 is 5.73 Å². The predicted molar refractivity (Wildman–Crippen MR) is 60.5 cm³/mol. The summed E-state index contributed by atoms with van der Waals surface area (Å²) in [4.78, 5) is 8.01. The first-order valence-electron chi connectivity index (χ1n) is 5.24. The van der Waals surface area contributed by atoms with E-state index in [1.54, 1.807) is 10.9 Å². The lowest BCUT2D eigenvalue weighted by Gasteiger charge is -2.09. The fraction of sp³-hybridized carbons (Fsp3) is 0.364. The largest absolute Gasteiger partial charge is 0.323 e. The molecule has 5 heteroatoms. The lowest BCUT2D eigenvalue weighted by atomic mass is 10.1. The Kier molecular flexibility index (Phi) is 3.26. The molecule has 84 valence electrons. The molecule has 0 aliphatic heterocycles. The first-order valence-corrected chi connectivity index (χ1v) is 5.24. The molecule has 2 heterocycles. The van der Waals surface area contributed by atoms with E-state index in [1.807, 2.05) is 25.5 Å². The molecule has 0 saturated heterocycles. The van der Waals surface area contributed by atoms with Crippen molar-refractivity contribution in [3.63, 3.8) is 0 Å². The smallest absolute Gasteiger partial charge is 0.115 e. The Hall–Kier alpha value is -1.75. The number of hydrogen-bond acceptors (Lipinski definition) is 4. The van der Waals surface area contributed by atoms with Crippen molar-refractivity contribution in [2.24, 2.45) is 12.8 Å². The Morgan fingerprint density at radius 3 is 3.00 bits per heavy atom. The van der Waals surface area contributed by atoms with Crippen LogP contribution in [0.3, 0.4) is 0 Å². The summed E-state index contributed by atoms with van der Waals surface area (Å²) < 4.78 is 1.80. The van der Waals surface area contributed by atoms with E-state index in [9.17, 15) is 0 Å². The summed E-state index contributed by atoms with van der Waals surface area (Å²) in [5, 5.41) is 4.12. The van der Waals surface area contributed by atoms with Gasteiger partial charge in [-0.3, -0.25) is 4.68 Å². The van der Waals surface area contributed by atoms with Crippen molar-refractivity contribution in [3.8, 4) is 0 Å². The topological polar surface area (TPSA) is 69.6 Å². The highest BCUT2D eigenvalue weighted by Crippen LogP contribution is 2.13. The molecule has 0 aliphatic carbocycles. The summed E-state index contributed by atoms with van der Waals surface area (Å²) in [6.45, 7) is 0. The Morgan fingerprint density at radius 1 is 1.50 bits per heavy atom. The minimum Gasteiger partial charge on any atom is -0.323 e. The molecule has 0 aromatic carbocycles. The maximum atomic E-state index is 6.03. The van der Waals surface area contributed by atoms with Crippen LogP contribution in [-0.4, -0.2) is 19.7 Å². The van der Waals surface area contributed by atoms with E-state index in [0.29, 0.717) is 0 Å². The first-order chi connectivity index (χ1) is 7.75. The van der Waals surface area contributed by atoms with Gasteiger partial charge in [0.1, 0.15) is 6.33 Å². The van der Waals surface area contributed by atoms with Gasteiger partial charge in [0.15, 0.2) is 0 Å². The summed E-state index contributed by atoms with van der Waals surface area (Å²) >= 11 is 0. The number of aryl methyl sites for hydroxylation is 2. The second-order valence-corrected chi connectivity index (χ2v) is 3.80. The van der Waals surface area contributed by atoms with Gasteiger partial charge in [0.25, 0.3) is 0 Å². The van der Waals surface area contributed by atoms with Crippen LogP contribution in [0.4, 0.5) is 0 Å². The van der Waals surface area contributed by atoms with Crippen LogP contribution in [0.25, 0.3) is 0 Å². The van der Waals surface area contributed by atoms with Crippen molar-refractivity contribution in [2.75, 3.05) is 0 Å². The average molecular weight is 217 g/mol. The maximum absolute atomic E-state index is 6.03. The molecule has 0 bridgehead atoms. The zero-order valence-corrected chi connectivity index (χ0v) is 9.24. The highest BCUT2D eigenvalue weighted by molar-refractivity contribution is 5.08. The normalized spacial score (nSPS) is 12.6. The molecule has 0 fully saturated rings. The molecule has 0 radical (unpaired) electrons. The van der Waals surface area contributed by atoms with Gasteiger partial charge in [0, 0.05) is 25.5 Å². The van der Waals surface area contributed by atoms with Crippen molar-refractivity contribution in [3.05, 3.63) is 42.2 Å². The zero-order chi connectivity index (χ0) is 11.4. The predicted octanol–water partition coefficient (Wildman–Crippen LogP) is 0.843. The summed E-state index contributed by atoms with van der Waals surface area (Å²) in [6, 6.07) is 1.82. The molecule has 0 aliphatic rings. The van der Waals surface area contributed by atoms with Crippen LogP contribution in [0, 0.1) is 0 Å². The second-order valence-electron chi connectivity index (χ2n) is 3.80. The SMILES string of the molecule is Cn1cc(CCC(N)c2ccncn2)cn1. The molecule has 2 rings (SSSR count). The highest BCUT2D eigenvalue weighted by Gasteiger charge is 2.07. The van der Waals surface area contributed by atoms with E-state index in [-0.39, 0.29) is 6.04 Å². The third-order valence-corrected chi connectivity index (χ3v) is 2.49. The second kappa shape index (κ2) is 4.85. The van der Waals surface area contributed by atoms with Crippen LogP contribution in [-0.2, 0) is 13.5 Å². The molecule has 1 unspecified atom stereocenters. The summed E-state index contributed by atoms with van der Waals surface area (Å²) in [7, 11) is 1.91. The summed E-state index contributed by atoms with van der Waals surface area (Å²) in [6.07, 6.45) is 8.90. The van der Waals surface area contributed by atoms with E-state index in [0.717, 1.165) is 18.5 Å². The van der Waals surface area contributed by atoms with Gasteiger partial charge >= 0.3 is 0 Å². The standard InChI is InChI=1S/C11H15N5/c1-16-7-9(6-15-16)2-3-10(12)11-4-5-13-8-14-11/h4-8,10H,2-3,12H2,1H3. The summed E-state index contributed by atoms with van der Waals surface area (Å²) in [5.74, 6) is 0. The quantitative estimate of drug-likeness (QED) is 0.824. The van der Waals surface area contributed by atoms with Crippen molar-refractivity contribution in [1.29, 1.82) is 0 Å². The van der Waals surface area contributed by atoms with Crippen LogP contribution >= 0.6 is 0 Å². The van der Waals surface area contributed by atoms with E-state index < -0.39 is 0 Å². The minimum absolute atomic E-state index is 0.0387. The zero-order valence-electron chi connectivity index (χ0n) is 9.24. The Bertz CT molecular complexity index is 437. The number of hydrogen-bond donors (Lipinski definition) is 1. The Morgan fingerprint density at radius 2 is 2.38 bits per heavy atom. The molecule has 5 nitrogen and oxygen atoms in total. The van der Waals surface area contributed by atoms with Crippen LogP contribution in [0.2, 0.25) is 0 Å².